The molecule has 2 aliphatic rings. The van der Waals surface area contributed by atoms with Gasteiger partial charge in [-0.25, -0.2) is 0 Å². The van der Waals surface area contributed by atoms with Crippen LogP contribution in [0.5, 0.6) is 0 Å². The van der Waals surface area contributed by atoms with Crippen LogP contribution in [0.2, 0.25) is 0 Å². The van der Waals surface area contributed by atoms with E-state index in [0.717, 1.165) is 26.1 Å². The minimum Gasteiger partial charge on any atom is -0.355 e. The zero-order valence-corrected chi connectivity index (χ0v) is 11.2. The quantitative estimate of drug-likeness (QED) is 0.786. The predicted octanol–water partition coefficient (Wildman–Crippen LogP) is 1.21. The Balaban J connectivity index is 1.72. The summed E-state index contributed by atoms with van der Waals surface area (Å²) in [5, 5.41) is 3.60. The van der Waals surface area contributed by atoms with Crippen molar-refractivity contribution in [2.24, 2.45) is 0 Å². The molecule has 2 fully saturated rings. The number of nitrogens with zero attached hydrogens (tertiary/aromatic N) is 1. The van der Waals surface area contributed by atoms with Gasteiger partial charge in [-0.1, -0.05) is 12.8 Å². The van der Waals surface area contributed by atoms with Gasteiger partial charge in [0.2, 0.25) is 0 Å². The van der Waals surface area contributed by atoms with Gasteiger partial charge in [0.25, 0.3) is 0 Å². The Labute approximate surface area is 105 Å². The van der Waals surface area contributed by atoms with Gasteiger partial charge < -0.3 is 19.7 Å². The number of hydrogen-bond donors (Lipinski definition) is 1. The summed E-state index contributed by atoms with van der Waals surface area (Å²) < 4.78 is 10.7. The second kappa shape index (κ2) is 6.14. The van der Waals surface area contributed by atoms with Crippen molar-refractivity contribution in [3.05, 3.63) is 0 Å². The number of ether oxygens (including phenoxy) is 2. The van der Waals surface area contributed by atoms with E-state index in [1.807, 2.05) is 0 Å². The summed E-state index contributed by atoms with van der Waals surface area (Å²) in [6, 6.07) is 0. The summed E-state index contributed by atoms with van der Waals surface area (Å²) in [5.74, 6) is 0. The Morgan fingerprint density at radius 3 is 2.65 bits per heavy atom. The minimum absolute atomic E-state index is 0.337. The molecule has 1 saturated heterocycles. The molecule has 1 saturated carbocycles. The largest absolute Gasteiger partial charge is 0.355 e. The summed E-state index contributed by atoms with van der Waals surface area (Å²) in [5.41, 5.74) is 0.380. The summed E-state index contributed by atoms with van der Waals surface area (Å²) in [4.78, 5) is 2.40. The van der Waals surface area contributed by atoms with Gasteiger partial charge in [0.15, 0.2) is 0 Å². The Bertz CT molecular complexity index is 221. The fourth-order valence-corrected chi connectivity index (χ4v) is 2.94. The molecule has 1 heterocycles. The van der Waals surface area contributed by atoms with Gasteiger partial charge in [-0.2, -0.15) is 0 Å². The molecule has 0 aromatic heterocycles. The average molecular weight is 242 g/mol. The number of likely N-dealkylation sites (N-methyl/N-ethyl adjacent to an activating group) is 1. The van der Waals surface area contributed by atoms with Crippen LogP contribution in [-0.4, -0.2) is 57.1 Å². The highest BCUT2D eigenvalue weighted by molar-refractivity contribution is 4.94. The minimum atomic E-state index is 0.337. The molecule has 1 unspecified atom stereocenters. The van der Waals surface area contributed by atoms with Crippen LogP contribution < -0.4 is 5.32 Å². The smallest absolute Gasteiger partial charge is 0.147 e. The van der Waals surface area contributed by atoms with Crippen molar-refractivity contribution >= 4 is 0 Å². The first-order chi connectivity index (χ1) is 8.23. The second-order valence-corrected chi connectivity index (χ2v) is 5.56. The van der Waals surface area contributed by atoms with Crippen LogP contribution in [0.4, 0.5) is 0 Å². The fraction of sp³-hybridized carbons (Fsp3) is 1.00. The van der Waals surface area contributed by atoms with E-state index in [-0.39, 0.29) is 0 Å². The first-order valence-corrected chi connectivity index (χ1v) is 6.80. The van der Waals surface area contributed by atoms with E-state index in [1.54, 1.807) is 0 Å². The highest BCUT2D eigenvalue weighted by Crippen LogP contribution is 2.33. The summed E-state index contributed by atoms with van der Waals surface area (Å²) in [6.45, 7) is 3.34. The van der Waals surface area contributed by atoms with Crippen LogP contribution in [0.25, 0.3) is 0 Å². The third-order valence-electron chi connectivity index (χ3n) is 4.28. The van der Waals surface area contributed by atoms with E-state index in [1.165, 1.54) is 25.7 Å². The molecule has 0 amide bonds. The monoisotopic (exact) mass is 242 g/mol. The third kappa shape index (κ3) is 3.41. The molecule has 100 valence electrons. The molecular formula is C13H26N2O2. The number of rotatable bonds is 5. The summed E-state index contributed by atoms with van der Waals surface area (Å²) in [6.07, 6.45) is 6.73. The van der Waals surface area contributed by atoms with Gasteiger partial charge >= 0.3 is 0 Å². The lowest BCUT2D eigenvalue weighted by atomic mass is 9.96. The molecule has 0 spiro atoms. The van der Waals surface area contributed by atoms with Gasteiger partial charge in [-0.05, 0) is 33.4 Å². The molecule has 4 nitrogen and oxygen atoms in total. The Morgan fingerprint density at radius 2 is 2.06 bits per heavy atom. The van der Waals surface area contributed by atoms with Gasteiger partial charge in [-0.15, -0.1) is 0 Å². The van der Waals surface area contributed by atoms with Crippen molar-refractivity contribution in [3.8, 4) is 0 Å². The molecule has 0 radical (unpaired) electrons. The van der Waals surface area contributed by atoms with Gasteiger partial charge in [-0.3, -0.25) is 0 Å². The Kier molecular flexibility index (Phi) is 4.79. The average Bonchev–Trinajstić information content (AvgIpc) is 2.80. The summed E-state index contributed by atoms with van der Waals surface area (Å²) >= 11 is 0. The highest BCUT2D eigenvalue weighted by Gasteiger charge is 2.35. The van der Waals surface area contributed by atoms with Crippen LogP contribution >= 0.6 is 0 Å². The van der Waals surface area contributed by atoms with E-state index in [4.69, 9.17) is 9.47 Å². The lowest BCUT2D eigenvalue weighted by Gasteiger charge is -2.37. The molecule has 4 heteroatoms. The van der Waals surface area contributed by atoms with Crippen LogP contribution in [0.3, 0.4) is 0 Å². The van der Waals surface area contributed by atoms with E-state index in [2.05, 4.69) is 24.3 Å². The van der Waals surface area contributed by atoms with Crippen molar-refractivity contribution in [2.45, 2.75) is 43.7 Å². The maximum absolute atomic E-state index is 5.54. The topological polar surface area (TPSA) is 33.7 Å². The zero-order valence-electron chi connectivity index (χ0n) is 11.2. The van der Waals surface area contributed by atoms with E-state index >= 15 is 0 Å². The third-order valence-corrected chi connectivity index (χ3v) is 4.28. The molecule has 2 rings (SSSR count). The maximum Gasteiger partial charge on any atom is 0.147 e. The number of nitrogens with one attached hydrogen (secondary N) is 1. The van der Waals surface area contributed by atoms with Gasteiger partial charge in [0, 0.05) is 18.6 Å². The molecule has 1 atom stereocenters. The Hall–Kier alpha value is -0.160. The van der Waals surface area contributed by atoms with Crippen LogP contribution in [0.15, 0.2) is 0 Å². The van der Waals surface area contributed by atoms with E-state index < -0.39 is 0 Å². The molecule has 1 N–H and O–H groups in total. The molecule has 1 aliphatic carbocycles. The SMILES string of the molecule is CN(C)C1(CNCC2CCOCO2)CCCC1. The first-order valence-electron chi connectivity index (χ1n) is 6.80. The fourth-order valence-electron chi connectivity index (χ4n) is 2.94. The van der Waals surface area contributed by atoms with E-state index in [9.17, 15) is 0 Å². The van der Waals surface area contributed by atoms with Crippen LogP contribution in [-0.2, 0) is 9.47 Å². The predicted molar refractivity (Wildman–Crippen MR) is 68.1 cm³/mol. The van der Waals surface area contributed by atoms with Crippen LogP contribution in [0.1, 0.15) is 32.1 Å². The Morgan fingerprint density at radius 1 is 1.29 bits per heavy atom. The van der Waals surface area contributed by atoms with Crippen molar-refractivity contribution < 1.29 is 9.47 Å². The molecule has 0 aromatic rings. The van der Waals surface area contributed by atoms with Crippen molar-refractivity contribution in [2.75, 3.05) is 40.6 Å². The molecular weight excluding hydrogens is 216 g/mol. The first kappa shape index (κ1) is 13.3. The van der Waals surface area contributed by atoms with Crippen LogP contribution in [0, 0.1) is 0 Å². The number of hydrogen-bond acceptors (Lipinski definition) is 4. The summed E-state index contributed by atoms with van der Waals surface area (Å²) in [7, 11) is 4.41. The van der Waals surface area contributed by atoms with E-state index in [0.29, 0.717) is 18.4 Å². The molecule has 1 aliphatic heterocycles. The van der Waals surface area contributed by atoms with Crippen molar-refractivity contribution in [3.63, 3.8) is 0 Å². The molecule has 17 heavy (non-hydrogen) atoms. The molecule has 0 bridgehead atoms. The highest BCUT2D eigenvalue weighted by atomic mass is 16.7. The normalized spacial score (nSPS) is 28.8. The molecule has 0 aromatic carbocycles. The standard InChI is InChI=1S/C13H26N2O2/c1-15(2)13(6-3-4-7-13)10-14-9-12-5-8-16-11-17-12/h12,14H,3-11H2,1-2H3. The lowest BCUT2D eigenvalue weighted by Crippen LogP contribution is -2.51. The maximum atomic E-state index is 5.54. The van der Waals surface area contributed by atoms with Gasteiger partial charge in [0.05, 0.1) is 12.7 Å². The van der Waals surface area contributed by atoms with Crippen molar-refractivity contribution in [1.29, 1.82) is 0 Å². The van der Waals surface area contributed by atoms with Crippen molar-refractivity contribution in [1.82, 2.24) is 10.2 Å². The van der Waals surface area contributed by atoms with Gasteiger partial charge in [0.1, 0.15) is 6.79 Å². The zero-order chi connectivity index (χ0) is 12.1. The second-order valence-electron chi connectivity index (χ2n) is 5.56. The lowest BCUT2D eigenvalue weighted by molar-refractivity contribution is -0.137.